The van der Waals surface area contributed by atoms with Crippen LogP contribution in [-0.2, 0) is 17.6 Å². The standard InChI is InChI=1S/C20H21N5O2.C2HF3O2/c1-12-10-23-20(27)25(12)17-5-2-13(3-6-17)19(26)24-16-9-14-8-15(21)4-7-18(14)22-11-16;3-2(4,5)1(6)7/h2-3,5-6,9-11,15H,4,7-8,21H2,1H3,(H,23,27)(H,24,26);(H,6,7). The predicted molar refractivity (Wildman–Crippen MR) is 117 cm³/mol. The number of carboxylic acid groups (broad SMARTS) is 1. The predicted octanol–water partition coefficient (Wildman–Crippen LogP) is 2.57. The van der Waals surface area contributed by atoms with Gasteiger partial charge in [-0.05, 0) is 62.1 Å². The lowest BCUT2D eigenvalue weighted by molar-refractivity contribution is -0.192. The van der Waals surface area contributed by atoms with E-state index in [1.54, 1.807) is 41.2 Å². The summed E-state index contributed by atoms with van der Waals surface area (Å²) in [5.41, 5.74) is 10.7. The third-order valence-corrected chi connectivity index (χ3v) is 5.14. The number of aromatic nitrogens is 3. The molecule has 0 fully saturated rings. The van der Waals surface area contributed by atoms with E-state index in [4.69, 9.17) is 15.6 Å². The van der Waals surface area contributed by atoms with Gasteiger partial charge in [0.1, 0.15) is 0 Å². The molecule has 0 bridgehead atoms. The van der Waals surface area contributed by atoms with Crippen molar-refractivity contribution in [2.75, 3.05) is 5.32 Å². The number of carbonyl (C=O) groups excluding carboxylic acids is 1. The maximum atomic E-state index is 12.5. The molecule has 1 aliphatic rings. The average Bonchev–Trinajstić information content (AvgIpc) is 3.11. The van der Waals surface area contributed by atoms with Crippen molar-refractivity contribution < 1.29 is 27.9 Å². The zero-order valence-electron chi connectivity index (χ0n) is 18.0. The van der Waals surface area contributed by atoms with E-state index in [1.165, 1.54) is 0 Å². The zero-order valence-corrected chi connectivity index (χ0v) is 18.0. The molecule has 180 valence electrons. The minimum absolute atomic E-state index is 0.151. The van der Waals surface area contributed by atoms with Crippen molar-refractivity contribution in [1.82, 2.24) is 14.5 Å². The quantitative estimate of drug-likeness (QED) is 0.457. The number of halogens is 3. The molecule has 1 aromatic carbocycles. The van der Waals surface area contributed by atoms with E-state index in [0.29, 0.717) is 16.9 Å². The number of nitrogens with two attached hydrogens (primary N) is 1. The number of aliphatic carboxylic acids is 1. The van der Waals surface area contributed by atoms with Gasteiger partial charge in [-0.25, -0.2) is 9.59 Å². The van der Waals surface area contributed by atoms with Crippen molar-refractivity contribution in [2.45, 2.75) is 38.4 Å². The number of nitrogens with zero attached hydrogens (tertiary/aromatic N) is 2. The largest absolute Gasteiger partial charge is 0.490 e. The molecular weight excluding hydrogens is 455 g/mol. The van der Waals surface area contributed by atoms with E-state index in [0.717, 1.165) is 36.2 Å². The van der Waals surface area contributed by atoms with E-state index >= 15 is 0 Å². The Balaban J connectivity index is 0.000000406. The Morgan fingerprint density at radius 1 is 1.26 bits per heavy atom. The van der Waals surface area contributed by atoms with Gasteiger partial charge in [0.25, 0.3) is 5.91 Å². The van der Waals surface area contributed by atoms with Crippen molar-refractivity contribution in [3.8, 4) is 5.69 Å². The Kier molecular flexibility index (Phi) is 7.20. The molecule has 1 amide bonds. The molecule has 4 rings (SSSR count). The van der Waals surface area contributed by atoms with Crippen LogP contribution in [0.3, 0.4) is 0 Å². The summed E-state index contributed by atoms with van der Waals surface area (Å²) in [7, 11) is 0. The highest BCUT2D eigenvalue weighted by Crippen LogP contribution is 2.22. The van der Waals surface area contributed by atoms with Crippen LogP contribution in [0.25, 0.3) is 5.69 Å². The topological polar surface area (TPSA) is 143 Å². The maximum Gasteiger partial charge on any atom is 0.490 e. The van der Waals surface area contributed by atoms with Crippen LogP contribution in [0.1, 0.15) is 33.7 Å². The number of benzene rings is 1. The summed E-state index contributed by atoms with van der Waals surface area (Å²) in [5.74, 6) is -2.98. The molecular formula is C22H22F3N5O4. The molecule has 0 aliphatic heterocycles. The summed E-state index contributed by atoms with van der Waals surface area (Å²) in [6, 6.07) is 9.01. The van der Waals surface area contributed by atoms with E-state index < -0.39 is 12.1 Å². The minimum Gasteiger partial charge on any atom is -0.475 e. The number of alkyl halides is 3. The number of nitrogens with one attached hydrogen (secondary N) is 2. The first-order valence-corrected chi connectivity index (χ1v) is 10.2. The first-order valence-electron chi connectivity index (χ1n) is 10.2. The molecule has 2 heterocycles. The number of hydrogen-bond acceptors (Lipinski definition) is 5. The highest BCUT2D eigenvalue weighted by molar-refractivity contribution is 6.04. The van der Waals surface area contributed by atoms with Crippen LogP contribution >= 0.6 is 0 Å². The molecule has 2 aromatic heterocycles. The zero-order chi connectivity index (χ0) is 25.0. The van der Waals surface area contributed by atoms with E-state index in [2.05, 4.69) is 15.3 Å². The average molecular weight is 477 g/mol. The Hall–Kier alpha value is -3.93. The second-order valence-corrected chi connectivity index (χ2v) is 7.71. The van der Waals surface area contributed by atoms with Crippen molar-refractivity contribution in [2.24, 2.45) is 5.73 Å². The van der Waals surface area contributed by atoms with Gasteiger partial charge in [0.15, 0.2) is 0 Å². The molecule has 0 saturated heterocycles. The first kappa shape index (κ1) is 24.7. The smallest absolute Gasteiger partial charge is 0.475 e. The molecule has 1 unspecified atom stereocenters. The SMILES string of the molecule is Cc1c[nH]c(=O)n1-c1ccc(C(=O)Nc2cnc3c(c2)CC(N)CC3)cc1.O=C(O)C(F)(F)F. The number of amides is 1. The van der Waals surface area contributed by atoms with Crippen LogP contribution in [0.15, 0.2) is 47.5 Å². The van der Waals surface area contributed by atoms with Crippen LogP contribution in [0.5, 0.6) is 0 Å². The molecule has 34 heavy (non-hydrogen) atoms. The van der Waals surface area contributed by atoms with Crippen LogP contribution in [-0.4, -0.2) is 43.7 Å². The maximum absolute atomic E-state index is 12.5. The van der Waals surface area contributed by atoms with Crippen LogP contribution < -0.4 is 16.7 Å². The lowest BCUT2D eigenvalue weighted by Gasteiger charge is -2.21. The molecule has 0 radical (unpaired) electrons. The molecule has 1 atom stereocenters. The first-order chi connectivity index (χ1) is 16.0. The van der Waals surface area contributed by atoms with Gasteiger partial charge in [0, 0.05) is 29.2 Å². The summed E-state index contributed by atoms with van der Waals surface area (Å²) in [5, 5.41) is 10.0. The van der Waals surface area contributed by atoms with Gasteiger partial charge in [-0.1, -0.05) is 0 Å². The van der Waals surface area contributed by atoms with Gasteiger partial charge >= 0.3 is 17.8 Å². The second-order valence-electron chi connectivity index (χ2n) is 7.71. The highest BCUT2D eigenvalue weighted by Gasteiger charge is 2.38. The van der Waals surface area contributed by atoms with Gasteiger partial charge in [-0.2, -0.15) is 13.2 Å². The number of fused-ring (bicyclic) bond motifs is 1. The van der Waals surface area contributed by atoms with Crippen LogP contribution in [0.4, 0.5) is 18.9 Å². The van der Waals surface area contributed by atoms with Gasteiger partial charge < -0.3 is 21.1 Å². The molecule has 0 saturated carbocycles. The highest BCUT2D eigenvalue weighted by atomic mass is 19.4. The molecule has 12 heteroatoms. The number of aryl methyl sites for hydroxylation is 2. The molecule has 1 aliphatic carbocycles. The fraction of sp³-hybridized carbons (Fsp3) is 0.273. The number of carboxylic acids is 1. The Bertz CT molecular complexity index is 1250. The van der Waals surface area contributed by atoms with Gasteiger partial charge in [0.2, 0.25) is 0 Å². The lowest BCUT2D eigenvalue weighted by atomic mass is 9.92. The normalized spacial score (nSPS) is 15.0. The monoisotopic (exact) mass is 477 g/mol. The number of imidazole rings is 1. The Morgan fingerprint density at radius 3 is 2.47 bits per heavy atom. The van der Waals surface area contributed by atoms with E-state index in [-0.39, 0.29) is 17.6 Å². The molecule has 0 spiro atoms. The van der Waals surface area contributed by atoms with E-state index in [1.807, 2.05) is 13.0 Å². The summed E-state index contributed by atoms with van der Waals surface area (Å²) in [6.07, 6.45) is 0.861. The van der Waals surface area contributed by atoms with E-state index in [9.17, 15) is 22.8 Å². The number of H-pyrrole nitrogens is 1. The number of rotatable bonds is 3. The van der Waals surface area contributed by atoms with Crippen molar-refractivity contribution in [3.63, 3.8) is 0 Å². The Morgan fingerprint density at radius 2 is 1.91 bits per heavy atom. The fourth-order valence-electron chi connectivity index (χ4n) is 3.46. The molecule has 3 aromatic rings. The third-order valence-electron chi connectivity index (χ3n) is 5.14. The van der Waals surface area contributed by atoms with Gasteiger partial charge in [0.05, 0.1) is 17.6 Å². The second kappa shape index (κ2) is 9.91. The van der Waals surface area contributed by atoms with Crippen molar-refractivity contribution in [1.29, 1.82) is 0 Å². The molecule has 9 nitrogen and oxygen atoms in total. The third kappa shape index (κ3) is 5.90. The minimum atomic E-state index is -5.08. The van der Waals surface area contributed by atoms with Crippen molar-refractivity contribution in [3.05, 3.63) is 75.7 Å². The fourth-order valence-corrected chi connectivity index (χ4v) is 3.46. The number of anilines is 1. The summed E-state index contributed by atoms with van der Waals surface area (Å²) in [4.78, 5) is 40.4. The number of hydrogen-bond donors (Lipinski definition) is 4. The summed E-state index contributed by atoms with van der Waals surface area (Å²) in [6.45, 7) is 1.84. The van der Waals surface area contributed by atoms with Gasteiger partial charge in [-0.3, -0.25) is 14.3 Å². The van der Waals surface area contributed by atoms with Crippen molar-refractivity contribution >= 4 is 17.6 Å². The molecule has 5 N–H and O–H groups in total. The lowest BCUT2D eigenvalue weighted by Crippen LogP contribution is -2.28. The van der Waals surface area contributed by atoms with Crippen LogP contribution in [0, 0.1) is 6.92 Å². The van der Waals surface area contributed by atoms with Crippen LogP contribution in [0.2, 0.25) is 0 Å². The summed E-state index contributed by atoms with van der Waals surface area (Å²) >= 11 is 0. The van der Waals surface area contributed by atoms with Gasteiger partial charge in [-0.15, -0.1) is 0 Å². The number of pyridine rings is 1. The Labute approximate surface area is 191 Å². The summed E-state index contributed by atoms with van der Waals surface area (Å²) < 4.78 is 33.3. The number of carbonyl (C=O) groups is 2. The number of aromatic amines is 1.